The number of allylic oxidation sites excluding steroid dienone is 1. The van der Waals surface area contributed by atoms with Crippen LogP contribution in [0.25, 0.3) is 17.3 Å². The molecule has 1 heterocycles. The molecule has 0 saturated heterocycles. The number of aromatic amines is 1. The number of H-pyrrole nitrogens is 1. The van der Waals surface area contributed by atoms with Gasteiger partial charge in [-0.1, -0.05) is 36.4 Å². The number of nitrogens with one attached hydrogen (secondary N) is 2. The summed E-state index contributed by atoms with van der Waals surface area (Å²) in [4.78, 5) is 12.3. The molecule has 0 bridgehead atoms. The number of amides is 1. The number of hydrogen-bond donors (Lipinski definition) is 2. The number of hydrogen-bond acceptors (Lipinski definition) is 4. The van der Waals surface area contributed by atoms with Gasteiger partial charge in [0.1, 0.15) is 11.4 Å². The van der Waals surface area contributed by atoms with Crippen LogP contribution in [0.5, 0.6) is 5.75 Å². The first-order valence-electron chi connectivity index (χ1n) is 9.40. The number of rotatable bonds is 7. The third-order valence-corrected chi connectivity index (χ3v) is 3.97. The van der Waals surface area contributed by atoms with Gasteiger partial charge in [-0.3, -0.25) is 9.89 Å². The third-order valence-electron chi connectivity index (χ3n) is 3.97. The molecule has 148 valence electrons. The zero-order valence-electron chi connectivity index (χ0n) is 16.7. The van der Waals surface area contributed by atoms with Crippen molar-refractivity contribution in [2.75, 3.05) is 0 Å². The maximum absolute atomic E-state index is 12.3. The van der Waals surface area contributed by atoms with Crippen LogP contribution in [0, 0.1) is 0 Å². The van der Waals surface area contributed by atoms with Crippen molar-refractivity contribution in [1.82, 2.24) is 15.6 Å². The van der Waals surface area contributed by atoms with E-state index in [1.807, 2.05) is 81.4 Å². The Hall–Kier alpha value is -3.67. The van der Waals surface area contributed by atoms with Gasteiger partial charge in [0, 0.05) is 5.56 Å². The highest BCUT2D eigenvalue weighted by atomic mass is 16.5. The Morgan fingerprint density at radius 2 is 1.86 bits per heavy atom. The van der Waals surface area contributed by atoms with E-state index in [4.69, 9.17) is 4.74 Å². The quantitative estimate of drug-likeness (QED) is 0.455. The monoisotopic (exact) mass is 388 g/mol. The minimum Gasteiger partial charge on any atom is -0.491 e. The lowest BCUT2D eigenvalue weighted by molar-refractivity contribution is 0.0950. The molecule has 29 heavy (non-hydrogen) atoms. The molecule has 0 aliphatic heterocycles. The molecule has 0 aliphatic rings. The number of hydrazone groups is 1. The van der Waals surface area contributed by atoms with Crippen molar-refractivity contribution in [2.45, 2.75) is 26.9 Å². The molecule has 0 fully saturated rings. The summed E-state index contributed by atoms with van der Waals surface area (Å²) in [5.41, 5.74) is 6.41. The number of carbonyl (C=O) groups excluding carboxylic acids is 1. The summed E-state index contributed by atoms with van der Waals surface area (Å²) < 4.78 is 5.64. The number of aromatic nitrogens is 2. The average Bonchev–Trinajstić information content (AvgIpc) is 3.19. The van der Waals surface area contributed by atoms with E-state index in [0.717, 1.165) is 22.4 Å². The number of nitrogens with zero attached hydrogens (tertiary/aromatic N) is 2. The third kappa shape index (κ3) is 5.90. The van der Waals surface area contributed by atoms with Crippen molar-refractivity contribution in [3.63, 3.8) is 0 Å². The Balaban J connectivity index is 1.60. The van der Waals surface area contributed by atoms with Crippen LogP contribution in [-0.2, 0) is 0 Å². The van der Waals surface area contributed by atoms with Gasteiger partial charge in [-0.2, -0.15) is 10.2 Å². The van der Waals surface area contributed by atoms with E-state index in [0.29, 0.717) is 11.4 Å². The summed E-state index contributed by atoms with van der Waals surface area (Å²) >= 11 is 0. The first-order chi connectivity index (χ1) is 14.0. The predicted molar refractivity (Wildman–Crippen MR) is 116 cm³/mol. The summed E-state index contributed by atoms with van der Waals surface area (Å²) in [5.74, 6) is 0.442. The lowest BCUT2D eigenvalue weighted by Crippen LogP contribution is -2.17. The summed E-state index contributed by atoms with van der Waals surface area (Å²) in [6, 6.07) is 19.2. The second-order valence-corrected chi connectivity index (χ2v) is 6.86. The van der Waals surface area contributed by atoms with Crippen LogP contribution in [-0.4, -0.2) is 28.4 Å². The molecule has 0 aliphatic carbocycles. The van der Waals surface area contributed by atoms with Gasteiger partial charge in [0.15, 0.2) is 0 Å². The lowest BCUT2D eigenvalue weighted by atomic mass is 10.1. The van der Waals surface area contributed by atoms with E-state index in [-0.39, 0.29) is 12.0 Å². The predicted octanol–water partition coefficient (Wildman–Crippen LogP) is 4.68. The fourth-order valence-electron chi connectivity index (χ4n) is 2.66. The van der Waals surface area contributed by atoms with Gasteiger partial charge in [-0.25, -0.2) is 5.43 Å². The molecule has 0 saturated carbocycles. The van der Waals surface area contributed by atoms with Gasteiger partial charge in [-0.05, 0) is 62.2 Å². The van der Waals surface area contributed by atoms with Crippen LogP contribution in [0.1, 0.15) is 36.8 Å². The molecule has 0 radical (unpaired) electrons. The second kappa shape index (κ2) is 9.50. The van der Waals surface area contributed by atoms with Crippen molar-refractivity contribution in [2.24, 2.45) is 5.10 Å². The van der Waals surface area contributed by atoms with Crippen LogP contribution in [0.4, 0.5) is 0 Å². The topological polar surface area (TPSA) is 79.4 Å². The Labute approximate surface area is 170 Å². The van der Waals surface area contributed by atoms with Crippen molar-refractivity contribution in [3.05, 3.63) is 77.5 Å². The van der Waals surface area contributed by atoms with Gasteiger partial charge in [-0.15, -0.1) is 0 Å². The van der Waals surface area contributed by atoms with Crippen molar-refractivity contribution in [3.8, 4) is 17.0 Å². The van der Waals surface area contributed by atoms with Crippen molar-refractivity contribution >= 4 is 18.2 Å². The highest BCUT2D eigenvalue weighted by molar-refractivity contribution is 5.94. The van der Waals surface area contributed by atoms with Gasteiger partial charge >= 0.3 is 0 Å². The van der Waals surface area contributed by atoms with E-state index in [2.05, 4.69) is 20.7 Å². The molecule has 0 atom stereocenters. The summed E-state index contributed by atoms with van der Waals surface area (Å²) in [5, 5.41) is 11.0. The maximum Gasteiger partial charge on any atom is 0.289 e. The second-order valence-electron chi connectivity index (χ2n) is 6.86. The summed E-state index contributed by atoms with van der Waals surface area (Å²) in [6.45, 7) is 5.88. The van der Waals surface area contributed by atoms with E-state index in [1.165, 1.54) is 0 Å². The smallest absolute Gasteiger partial charge is 0.289 e. The largest absolute Gasteiger partial charge is 0.491 e. The number of ether oxygens (including phenoxy) is 1. The zero-order chi connectivity index (χ0) is 20.6. The molecule has 1 aromatic heterocycles. The van der Waals surface area contributed by atoms with Crippen LogP contribution >= 0.6 is 0 Å². The molecule has 2 aromatic carbocycles. The highest BCUT2D eigenvalue weighted by Crippen LogP contribution is 2.22. The van der Waals surface area contributed by atoms with Gasteiger partial charge in [0.25, 0.3) is 5.91 Å². The first-order valence-corrected chi connectivity index (χ1v) is 9.40. The van der Waals surface area contributed by atoms with Crippen LogP contribution < -0.4 is 10.2 Å². The first kappa shape index (κ1) is 20.1. The lowest BCUT2D eigenvalue weighted by Gasteiger charge is -2.09. The van der Waals surface area contributed by atoms with Gasteiger partial charge in [0.2, 0.25) is 0 Å². The minimum absolute atomic E-state index is 0.119. The Bertz CT molecular complexity index is 1000. The van der Waals surface area contributed by atoms with Crippen molar-refractivity contribution in [1.29, 1.82) is 0 Å². The molecule has 6 nitrogen and oxygen atoms in total. The van der Waals surface area contributed by atoms with E-state index < -0.39 is 0 Å². The van der Waals surface area contributed by atoms with Crippen LogP contribution in [0.15, 0.2) is 71.3 Å². The standard InChI is InChI=1S/C23H24N4O2/c1-16(2)29-20-11-9-19(10-12-20)21-14-22(26-25-21)23(28)27-24-15-17(3)13-18-7-5-4-6-8-18/h4-16H,1-3H3,(H,25,26)(H,27,28)/b17-13+,24-15+. The SMILES string of the molecule is CC(/C=N/NC(=O)c1cc(-c2ccc(OC(C)C)cc2)n[nH]1)=C\c1ccccc1. The molecule has 3 aromatic rings. The molecule has 0 spiro atoms. The van der Waals surface area contributed by atoms with Crippen LogP contribution in [0.2, 0.25) is 0 Å². The highest BCUT2D eigenvalue weighted by Gasteiger charge is 2.10. The number of carbonyl (C=O) groups is 1. The molecule has 3 rings (SSSR count). The fraction of sp³-hybridized carbons (Fsp3) is 0.174. The maximum atomic E-state index is 12.3. The van der Waals surface area contributed by atoms with Gasteiger partial charge in [0.05, 0.1) is 18.0 Å². The molecule has 0 unspecified atom stereocenters. The Morgan fingerprint density at radius 1 is 1.14 bits per heavy atom. The molecule has 2 N–H and O–H groups in total. The number of benzene rings is 2. The molecular weight excluding hydrogens is 364 g/mol. The fourth-order valence-corrected chi connectivity index (χ4v) is 2.66. The zero-order valence-corrected chi connectivity index (χ0v) is 16.7. The van der Waals surface area contributed by atoms with E-state index >= 15 is 0 Å². The van der Waals surface area contributed by atoms with E-state index in [9.17, 15) is 4.79 Å². The normalized spacial score (nSPS) is 11.8. The molecule has 6 heteroatoms. The molecular formula is C23H24N4O2. The summed E-state index contributed by atoms with van der Waals surface area (Å²) in [7, 11) is 0. The Kier molecular flexibility index (Phi) is 6.58. The summed E-state index contributed by atoms with van der Waals surface area (Å²) in [6.07, 6.45) is 3.71. The average molecular weight is 388 g/mol. The minimum atomic E-state index is -0.354. The van der Waals surface area contributed by atoms with Crippen LogP contribution in [0.3, 0.4) is 0 Å². The molecule has 1 amide bonds. The van der Waals surface area contributed by atoms with E-state index in [1.54, 1.807) is 12.3 Å². The Morgan fingerprint density at radius 3 is 2.55 bits per heavy atom. The van der Waals surface area contributed by atoms with Gasteiger partial charge < -0.3 is 4.74 Å². The van der Waals surface area contributed by atoms with Crippen molar-refractivity contribution < 1.29 is 9.53 Å².